The second kappa shape index (κ2) is 4.49. The Bertz CT molecular complexity index is 433. The summed E-state index contributed by atoms with van der Waals surface area (Å²) in [4.78, 5) is 4.16. The number of hydrogen-bond acceptors (Lipinski definition) is 2. The molecular weight excluding hydrogens is 210 g/mol. The number of nitrogens with zero attached hydrogens (tertiary/aromatic N) is 1. The summed E-state index contributed by atoms with van der Waals surface area (Å²) in [5, 5.41) is 0.769. The number of halogens is 1. The van der Waals surface area contributed by atoms with Crippen LogP contribution >= 0.6 is 11.6 Å². The lowest BCUT2D eigenvalue weighted by Gasteiger charge is -1.98. The van der Waals surface area contributed by atoms with E-state index in [1.807, 2.05) is 31.2 Å². The first-order valence-corrected chi connectivity index (χ1v) is 5.27. The summed E-state index contributed by atoms with van der Waals surface area (Å²) in [5.41, 5.74) is 1.25. The van der Waals surface area contributed by atoms with Crippen LogP contribution in [-0.4, -0.2) is 4.98 Å². The van der Waals surface area contributed by atoms with E-state index in [1.165, 1.54) is 5.56 Å². The summed E-state index contributed by atoms with van der Waals surface area (Å²) in [5.74, 6) is 1.66. The number of benzene rings is 1. The van der Waals surface area contributed by atoms with Gasteiger partial charge >= 0.3 is 0 Å². The van der Waals surface area contributed by atoms with Crippen molar-refractivity contribution < 1.29 is 4.42 Å². The summed E-state index contributed by atoms with van der Waals surface area (Å²) in [6.07, 6.45) is 3.50. The van der Waals surface area contributed by atoms with Gasteiger partial charge in [0.2, 0.25) is 0 Å². The fraction of sp³-hybridized carbons (Fsp3) is 0.250. The molecule has 0 unspecified atom stereocenters. The average Bonchev–Trinajstić information content (AvgIpc) is 2.64. The van der Waals surface area contributed by atoms with Crippen LogP contribution in [-0.2, 0) is 12.8 Å². The molecule has 0 radical (unpaired) electrons. The third-order valence-electron chi connectivity index (χ3n) is 2.21. The normalized spacial score (nSPS) is 10.5. The third kappa shape index (κ3) is 2.83. The largest absolute Gasteiger partial charge is 0.446 e. The Morgan fingerprint density at radius 2 is 1.93 bits per heavy atom. The van der Waals surface area contributed by atoms with Crippen molar-refractivity contribution in [1.29, 1.82) is 0 Å². The van der Waals surface area contributed by atoms with Crippen LogP contribution in [0.2, 0.25) is 5.02 Å². The zero-order valence-electron chi connectivity index (χ0n) is 8.53. The van der Waals surface area contributed by atoms with E-state index in [1.54, 1.807) is 6.20 Å². The van der Waals surface area contributed by atoms with Crippen LogP contribution in [0.15, 0.2) is 34.9 Å². The van der Waals surface area contributed by atoms with Crippen molar-refractivity contribution in [1.82, 2.24) is 4.98 Å². The van der Waals surface area contributed by atoms with Gasteiger partial charge in [-0.2, -0.15) is 0 Å². The zero-order chi connectivity index (χ0) is 10.7. The molecule has 78 valence electrons. The lowest BCUT2D eigenvalue weighted by Crippen LogP contribution is -1.90. The SMILES string of the molecule is Cc1cnc(CCc2ccc(Cl)cc2)o1. The summed E-state index contributed by atoms with van der Waals surface area (Å²) in [6.45, 7) is 1.90. The Hall–Kier alpha value is -1.28. The molecule has 0 saturated heterocycles. The van der Waals surface area contributed by atoms with Gasteiger partial charge < -0.3 is 4.42 Å². The van der Waals surface area contributed by atoms with Gasteiger partial charge in [-0.05, 0) is 31.0 Å². The molecule has 0 bridgehead atoms. The second-order valence-corrected chi connectivity index (χ2v) is 3.93. The molecule has 15 heavy (non-hydrogen) atoms. The zero-order valence-corrected chi connectivity index (χ0v) is 9.29. The van der Waals surface area contributed by atoms with Gasteiger partial charge in [-0.1, -0.05) is 23.7 Å². The lowest BCUT2D eigenvalue weighted by molar-refractivity contribution is 0.470. The van der Waals surface area contributed by atoms with Gasteiger partial charge in [-0.25, -0.2) is 4.98 Å². The van der Waals surface area contributed by atoms with Crippen LogP contribution in [0.5, 0.6) is 0 Å². The highest BCUT2D eigenvalue weighted by molar-refractivity contribution is 6.30. The van der Waals surface area contributed by atoms with Crippen LogP contribution in [0.25, 0.3) is 0 Å². The van der Waals surface area contributed by atoms with Gasteiger partial charge in [0.1, 0.15) is 5.76 Å². The maximum Gasteiger partial charge on any atom is 0.194 e. The molecule has 2 rings (SSSR count). The van der Waals surface area contributed by atoms with Crippen LogP contribution in [0.4, 0.5) is 0 Å². The van der Waals surface area contributed by atoms with Crippen LogP contribution in [0, 0.1) is 6.92 Å². The highest BCUT2D eigenvalue weighted by atomic mass is 35.5. The van der Waals surface area contributed by atoms with Gasteiger partial charge in [-0.15, -0.1) is 0 Å². The molecule has 2 nitrogen and oxygen atoms in total. The molecule has 0 aliphatic rings. The topological polar surface area (TPSA) is 26.0 Å². The minimum absolute atomic E-state index is 0.769. The molecule has 1 heterocycles. The van der Waals surface area contributed by atoms with E-state index in [4.69, 9.17) is 16.0 Å². The fourth-order valence-corrected chi connectivity index (χ4v) is 1.55. The number of aryl methyl sites for hydroxylation is 3. The van der Waals surface area contributed by atoms with Crippen molar-refractivity contribution in [3.63, 3.8) is 0 Å². The van der Waals surface area contributed by atoms with E-state index in [-0.39, 0.29) is 0 Å². The van der Waals surface area contributed by atoms with Gasteiger partial charge in [0.05, 0.1) is 6.20 Å². The Morgan fingerprint density at radius 3 is 2.53 bits per heavy atom. The van der Waals surface area contributed by atoms with Gasteiger partial charge in [0, 0.05) is 11.4 Å². The van der Waals surface area contributed by atoms with E-state index in [9.17, 15) is 0 Å². The maximum absolute atomic E-state index is 5.80. The fourth-order valence-electron chi connectivity index (χ4n) is 1.42. The Balaban J connectivity index is 1.96. The van der Waals surface area contributed by atoms with Crippen LogP contribution in [0.3, 0.4) is 0 Å². The highest BCUT2D eigenvalue weighted by Crippen LogP contribution is 2.12. The molecule has 1 aromatic carbocycles. The maximum atomic E-state index is 5.80. The molecule has 3 heteroatoms. The molecule has 0 saturated carbocycles. The monoisotopic (exact) mass is 221 g/mol. The number of rotatable bonds is 3. The van der Waals surface area contributed by atoms with Gasteiger partial charge in [0.25, 0.3) is 0 Å². The predicted molar refractivity (Wildman–Crippen MR) is 60.1 cm³/mol. The number of aromatic nitrogens is 1. The molecule has 0 aliphatic carbocycles. The Labute approximate surface area is 93.9 Å². The molecule has 0 N–H and O–H groups in total. The average molecular weight is 222 g/mol. The molecule has 0 fully saturated rings. The molecule has 2 aromatic rings. The molecule has 0 spiro atoms. The van der Waals surface area contributed by atoms with Crippen molar-refractivity contribution in [2.45, 2.75) is 19.8 Å². The van der Waals surface area contributed by atoms with E-state index < -0.39 is 0 Å². The summed E-state index contributed by atoms with van der Waals surface area (Å²) in [7, 11) is 0. The number of oxazole rings is 1. The molecule has 1 aromatic heterocycles. The lowest BCUT2D eigenvalue weighted by atomic mass is 10.1. The smallest absolute Gasteiger partial charge is 0.194 e. The predicted octanol–water partition coefficient (Wildman–Crippen LogP) is 3.42. The van der Waals surface area contributed by atoms with Crippen molar-refractivity contribution in [3.8, 4) is 0 Å². The first-order chi connectivity index (χ1) is 7.24. The van der Waals surface area contributed by atoms with Crippen LogP contribution < -0.4 is 0 Å². The van der Waals surface area contributed by atoms with Crippen molar-refractivity contribution in [2.24, 2.45) is 0 Å². The van der Waals surface area contributed by atoms with E-state index in [2.05, 4.69) is 4.98 Å². The van der Waals surface area contributed by atoms with Gasteiger partial charge in [-0.3, -0.25) is 0 Å². The standard InChI is InChI=1S/C12H12ClNO/c1-9-8-14-12(15-9)7-4-10-2-5-11(13)6-3-10/h2-3,5-6,8H,4,7H2,1H3. The second-order valence-electron chi connectivity index (χ2n) is 3.49. The minimum Gasteiger partial charge on any atom is -0.446 e. The highest BCUT2D eigenvalue weighted by Gasteiger charge is 2.01. The molecule has 0 amide bonds. The molecule has 0 atom stereocenters. The number of hydrogen-bond donors (Lipinski definition) is 0. The van der Waals surface area contributed by atoms with Crippen molar-refractivity contribution in [2.75, 3.05) is 0 Å². The summed E-state index contributed by atoms with van der Waals surface area (Å²) >= 11 is 5.80. The first kappa shape index (κ1) is 10.2. The van der Waals surface area contributed by atoms with Gasteiger partial charge in [0.15, 0.2) is 5.89 Å². The minimum atomic E-state index is 0.769. The summed E-state index contributed by atoms with van der Waals surface area (Å²) < 4.78 is 5.39. The first-order valence-electron chi connectivity index (χ1n) is 4.90. The Morgan fingerprint density at radius 1 is 1.20 bits per heavy atom. The van der Waals surface area contributed by atoms with Crippen molar-refractivity contribution >= 4 is 11.6 Å². The van der Waals surface area contributed by atoms with E-state index >= 15 is 0 Å². The van der Waals surface area contributed by atoms with Crippen LogP contribution in [0.1, 0.15) is 17.2 Å². The third-order valence-corrected chi connectivity index (χ3v) is 2.46. The summed E-state index contributed by atoms with van der Waals surface area (Å²) in [6, 6.07) is 7.85. The quantitative estimate of drug-likeness (QED) is 0.794. The molecular formula is C12H12ClNO. The Kier molecular flexibility index (Phi) is 3.07. The van der Waals surface area contributed by atoms with E-state index in [0.717, 1.165) is 29.5 Å². The molecule has 0 aliphatic heterocycles. The van der Waals surface area contributed by atoms with E-state index in [0.29, 0.717) is 0 Å². The van der Waals surface area contributed by atoms with Crippen molar-refractivity contribution in [3.05, 3.63) is 52.7 Å².